The molecule has 0 atom stereocenters. The molecule has 2 aromatic heterocycles. The van der Waals surface area contributed by atoms with Gasteiger partial charge in [-0.15, -0.1) is 0 Å². The highest BCUT2D eigenvalue weighted by Crippen LogP contribution is 2.22. The topological polar surface area (TPSA) is 70.8 Å². The highest BCUT2D eigenvalue weighted by molar-refractivity contribution is 6.00. The van der Waals surface area contributed by atoms with Crippen molar-refractivity contribution in [2.75, 3.05) is 19.6 Å². The zero-order valence-electron chi connectivity index (χ0n) is 18.4. The Balaban J connectivity index is 1.51. The first kappa shape index (κ1) is 21.0. The molecule has 0 radical (unpaired) electrons. The molecule has 1 aromatic carbocycles. The Labute approximate surface area is 182 Å². The van der Waals surface area contributed by atoms with Crippen LogP contribution in [-0.4, -0.2) is 61.9 Å². The van der Waals surface area contributed by atoms with Crippen molar-refractivity contribution in [3.8, 4) is 0 Å². The predicted molar refractivity (Wildman–Crippen MR) is 119 cm³/mol. The number of likely N-dealkylation sites (tertiary alicyclic amines) is 1. The molecule has 0 unspecified atom stereocenters. The van der Waals surface area contributed by atoms with Crippen LogP contribution in [0.5, 0.6) is 0 Å². The van der Waals surface area contributed by atoms with Gasteiger partial charge >= 0.3 is 0 Å². The summed E-state index contributed by atoms with van der Waals surface area (Å²) in [5.74, 6) is 0.0346. The molecule has 1 saturated heterocycles. The molecule has 3 aromatic rings. The standard InChI is InChI=1S/C24H29N5O2/c1-4-12-28(24(31)21-16-25-29-18(3)15-17(2)26-22(21)29)20-10-13-27(14-11-20)23(30)19-8-6-5-7-9-19/h5-9,15-16,20H,4,10-14H2,1-3H3. The molecule has 0 N–H and O–H groups in total. The number of carbonyl (C=O) groups excluding carboxylic acids is 2. The second-order valence-electron chi connectivity index (χ2n) is 8.22. The normalized spacial score (nSPS) is 14.7. The summed E-state index contributed by atoms with van der Waals surface area (Å²) in [6.07, 6.45) is 4.05. The monoisotopic (exact) mass is 419 g/mol. The number of hydrogen-bond donors (Lipinski definition) is 0. The van der Waals surface area contributed by atoms with E-state index in [0.717, 1.165) is 30.7 Å². The Morgan fingerprint density at radius 2 is 1.84 bits per heavy atom. The van der Waals surface area contributed by atoms with Crippen molar-refractivity contribution in [1.82, 2.24) is 24.4 Å². The van der Waals surface area contributed by atoms with E-state index in [-0.39, 0.29) is 17.9 Å². The highest BCUT2D eigenvalue weighted by Gasteiger charge is 2.31. The number of aromatic nitrogens is 3. The molecule has 0 bridgehead atoms. The minimum Gasteiger partial charge on any atom is -0.338 e. The Hall–Kier alpha value is -3.22. The van der Waals surface area contributed by atoms with Gasteiger partial charge in [0.2, 0.25) is 0 Å². The summed E-state index contributed by atoms with van der Waals surface area (Å²) in [5, 5.41) is 4.39. The summed E-state index contributed by atoms with van der Waals surface area (Å²) >= 11 is 0. The molecule has 4 rings (SSSR count). The second-order valence-corrected chi connectivity index (χ2v) is 8.22. The molecular weight excluding hydrogens is 390 g/mol. The van der Waals surface area contributed by atoms with E-state index in [4.69, 9.17) is 0 Å². The lowest BCUT2D eigenvalue weighted by molar-refractivity contribution is 0.0520. The number of rotatable bonds is 5. The number of aryl methyl sites for hydroxylation is 2. The lowest BCUT2D eigenvalue weighted by atomic mass is 10.0. The van der Waals surface area contributed by atoms with Gasteiger partial charge in [0.05, 0.1) is 6.20 Å². The minimum atomic E-state index is -0.0258. The molecule has 0 spiro atoms. The summed E-state index contributed by atoms with van der Waals surface area (Å²) < 4.78 is 1.73. The summed E-state index contributed by atoms with van der Waals surface area (Å²) in [6, 6.07) is 11.4. The maximum atomic E-state index is 13.5. The third-order valence-electron chi connectivity index (χ3n) is 5.95. The van der Waals surface area contributed by atoms with E-state index in [0.29, 0.717) is 36.4 Å². The van der Waals surface area contributed by atoms with Gasteiger partial charge in [-0.25, -0.2) is 9.50 Å². The lowest BCUT2D eigenvalue weighted by Gasteiger charge is -2.38. The Bertz CT molecular complexity index is 1080. The van der Waals surface area contributed by atoms with Crippen molar-refractivity contribution in [2.24, 2.45) is 0 Å². The molecule has 1 aliphatic rings. The first-order valence-electron chi connectivity index (χ1n) is 11.0. The minimum absolute atomic E-state index is 0.0258. The summed E-state index contributed by atoms with van der Waals surface area (Å²) in [5.41, 5.74) is 3.69. The van der Waals surface area contributed by atoms with Crippen molar-refractivity contribution < 1.29 is 9.59 Å². The van der Waals surface area contributed by atoms with Crippen molar-refractivity contribution >= 4 is 17.5 Å². The SMILES string of the molecule is CCCN(C(=O)c1cnn2c(C)cc(C)nc12)C1CCN(C(=O)c2ccccc2)CC1. The number of piperidine rings is 1. The van der Waals surface area contributed by atoms with Crippen LogP contribution < -0.4 is 0 Å². The van der Waals surface area contributed by atoms with E-state index in [2.05, 4.69) is 17.0 Å². The van der Waals surface area contributed by atoms with Gasteiger partial charge in [0, 0.05) is 42.6 Å². The molecule has 1 aliphatic heterocycles. The van der Waals surface area contributed by atoms with Gasteiger partial charge in [-0.3, -0.25) is 9.59 Å². The highest BCUT2D eigenvalue weighted by atomic mass is 16.2. The maximum absolute atomic E-state index is 13.5. The predicted octanol–water partition coefficient (Wildman–Crippen LogP) is 3.50. The zero-order valence-corrected chi connectivity index (χ0v) is 18.4. The van der Waals surface area contributed by atoms with Crippen LogP contribution >= 0.6 is 0 Å². The van der Waals surface area contributed by atoms with Crippen molar-refractivity contribution in [2.45, 2.75) is 46.1 Å². The quantitative estimate of drug-likeness (QED) is 0.635. The van der Waals surface area contributed by atoms with Crippen LogP contribution in [0.3, 0.4) is 0 Å². The fraction of sp³-hybridized carbons (Fsp3) is 0.417. The van der Waals surface area contributed by atoms with E-state index >= 15 is 0 Å². The van der Waals surface area contributed by atoms with Gasteiger partial charge in [-0.1, -0.05) is 25.1 Å². The molecular formula is C24H29N5O2. The van der Waals surface area contributed by atoms with Crippen LogP contribution in [0, 0.1) is 13.8 Å². The van der Waals surface area contributed by atoms with Crippen LogP contribution in [0.4, 0.5) is 0 Å². The van der Waals surface area contributed by atoms with Crippen LogP contribution in [0.2, 0.25) is 0 Å². The van der Waals surface area contributed by atoms with Gasteiger partial charge in [-0.05, 0) is 51.3 Å². The molecule has 7 heteroatoms. The maximum Gasteiger partial charge on any atom is 0.259 e. The molecule has 0 saturated carbocycles. The number of amides is 2. The number of nitrogens with zero attached hydrogens (tertiary/aromatic N) is 5. The number of hydrogen-bond acceptors (Lipinski definition) is 4. The summed E-state index contributed by atoms with van der Waals surface area (Å²) in [7, 11) is 0. The molecule has 7 nitrogen and oxygen atoms in total. The Morgan fingerprint density at radius 1 is 1.13 bits per heavy atom. The van der Waals surface area contributed by atoms with Gasteiger partial charge < -0.3 is 9.80 Å². The average molecular weight is 420 g/mol. The fourth-order valence-electron chi connectivity index (χ4n) is 4.41. The van der Waals surface area contributed by atoms with E-state index in [1.54, 1.807) is 10.7 Å². The number of benzene rings is 1. The average Bonchev–Trinajstić information content (AvgIpc) is 3.21. The van der Waals surface area contributed by atoms with Gasteiger partial charge in [0.25, 0.3) is 11.8 Å². The Morgan fingerprint density at radius 3 is 2.52 bits per heavy atom. The first-order valence-corrected chi connectivity index (χ1v) is 11.0. The molecule has 162 valence electrons. The zero-order chi connectivity index (χ0) is 22.0. The van der Waals surface area contributed by atoms with Gasteiger partial charge in [0.1, 0.15) is 5.56 Å². The second kappa shape index (κ2) is 8.88. The lowest BCUT2D eigenvalue weighted by Crippen LogP contribution is -2.49. The van der Waals surface area contributed by atoms with Crippen LogP contribution in [0.25, 0.3) is 5.65 Å². The third kappa shape index (κ3) is 4.17. The van der Waals surface area contributed by atoms with Gasteiger partial charge in [-0.2, -0.15) is 5.10 Å². The van der Waals surface area contributed by atoms with Crippen LogP contribution in [0.15, 0.2) is 42.6 Å². The smallest absolute Gasteiger partial charge is 0.259 e. The number of fused-ring (bicyclic) bond motifs is 1. The van der Waals surface area contributed by atoms with Crippen LogP contribution in [-0.2, 0) is 0 Å². The fourth-order valence-corrected chi connectivity index (χ4v) is 4.41. The van der Waals surface area contributed by atoms with Crippen molar-refractivity contribution in [1.29, 1.82) is 0 Å². The van der Waals surface area contributed by atoms with Crippen molar-refractivity contribution in [3.05, 3.63) is 65.1 Å². The molecule has 2 amide bonds. The van der Waals surface area contributed by atoms with E-state index in [1.807, 2.05) is 60.0 Å². The van der Waals surface area contributed by atoms with E-state index in [9.17, 15) is 9.59 Å². The summed E-state index contributed by atoms with van der Waals surface area (Å²) in [4.78, 5) is 34.7. The van der Waals surface area contributed by atoms with E-state index < -0.39 is 0 Å². The van der Waals surface area contributed by atoms with Crippen molar-refractivity contribution in [3.63, 3.8) is 0 Å². The number of carbonyl (C=O) groups is 2. The Kier molecular flexibility index (Phi) is 6.02. The molecule has 1 fully saturated rings. The third-order valence-corrected chi connectivity index (χ3v) is 5.95. The molecule has 0 aliphatic carbocycles. The first-order chi connectivity index (χ1) is 15.0. The van der Waals surface area contributed by atoms with Gasteiger partial charge in [0.15, 0.2) is 5.65 Å². The molecule has 3 heterocycles. The largest absolute Gasteiger partial charge is 0.338 e. The van der Waals surface area contributed by atoms with Crippen LogP contribution in [0.1, 0.15) is 58.3 Å². The van der Waals surface area contributed by atoms with E-state index in [1.165, 1.54) is 0 Å². The summed E-state index contributed by atoms with van der Waals surface area (Å²) in [6.45, 7) is 7.95. The molecule has 31 heavy (non-hydrogen) atoms.